The number of para-hydroxylation sites is 1. The molecule has 156 valence electrons. The minimum absolute atomic E-state index is 0.0902. The number of benzene rings is 1. The molecule has 0 fully saturated rings. The molecular formula is C20H19N3O3S4. The van der Waals surface area contributed by atoms with Crippen LogP contribution >= 0.6 is 34.4 Å². The number of sulfonamides is 1. The predicted octanol–water partition coefficient (Wildman–Crippen LogP) is 4.21. The molecule has 4 rings (SSSR count). The van der Waals surface area contributed by atoms with Gasteiger partial charge in [0.25, 0.3) is 5.56 Å². The highest BCUT2D eigenvalue weighted by Gasteiger charge is 2.18. The van der Waals surface area contributed by atoms with Crippen molar-refractivity contribution in [1.82, 2.24) is 14.3 Å². The summed E-state index contributed by atoms with van der Waals surface area (Å²) < 4.78 is 26.6. The molecule has 4 aromatic rings. The van der Waals surface area contributed by atoms with Crippen molar-refractivity contribution in [2.75, 3.05) is 18.6 Å². The van der Waals surface area contributed by atoms with Crippen LogP contribution in [-0.4, -0.2) is 36.5 Å². The summed E-state index contributed by atoms with van der Waals surface area (Å²) in [5, 5.41) is 5.23. The van der Waals surface area contributed by atoms with Crippen LogP contribution in [0.15, 0.2) is 63.2 Å². The molecule has 3 heterocycles. The maximum absolute atomic E-state index is 13.6. The van der Waals surface area contributed by atoms with Crippen LogP contribution in [0, 0.1) is 0 Å². The highest BCUT2D eigenvalue weighted by Crippen LogP contribution is 2.35. The number of aromatic nitrogens is 2. The van der Waals surface area contributed by atoms with Gasteiger partial charge in [-0.2, -0.15) is 0 Å². The number of nitrogens with zero attached hydrogens (tertiary/aromatic N) is 2. The third kappa shape index (κ3) is 4.68. The molecule has 3 aromatic heterocycles. The molecule has 0 bridgehead atoms. The van der Waals surface area contributed by atoms with Crippen molar-refractivity contribution in [2.45, 2.75) is 11.6 Å². The van der Waals surface area contributed by atoms with E-state index in [2.05, 4.69) is 4.72 Å². The van der Waals surface area contributed by atoms with Gasteiger partial charge >= 0.3 is 0 Å². The van der Waals surface area contributed by atoms with Crippen molar-refractivity contribution in [1.29, 1.82) is 0 Å². The van der Waals surface area contributed by atoms with Gasteiger partial charge < -0.3 is 0 Å². The number of thioether (sulfide) groups is 1. The Labute approximate surface area is 186 Å². The molecule has 0 radical (unpaired) electrons. The smallest absolute Gasteiger partial charge is 0.268 e. The van der Waals surface area contributed by atoms with Gasteiger partial charge in [-0.3, -0.25) is 9.36 Å². The molecule has 0 amide bonds. The molecule has 0 saturated carbocycles. The SMILES string of the molecule is CS(=O)(=O)NCCCSc1nc2scc(-c3cccs3)c2c(=O)n1-c1ccccc1. The van der Waals surface area contributed by atoms with Gasteiger partial charge in [0.05, 0.1) is 17.3 Å². The number of nitrogens with one attached hydrogen (secondary N) is 1. The number of hydrogen-bond acceptors (Lipinski definition) is 7. The Kier molecular flexibility index (Phi) is 6.40. The molecular weight excluding hydrogens is 459 g/mol. The van der Waals surface area contributed by atoms with E-state index in [9.17, 15) is 13.2 Å². The first-order valence-electron chi connectivity index (χ1n) is 9.15. The minimum atomic E-state index is -3.20. The second kappa shape index (κ2) is 9.03. The number of thiophene rings is 2. The van der Waals surface area contributed by atoms with Crippen molar-refractivity contribution in [3.63, 3.8) is 0 Å². The average molecular weight is 478 g/mol. The molecule has 30 heavy (non-hydrogen) atoms. The summed E-state index contributed by atoms with van der Waals surface area (Å²) in [5.41, 5.74) is 1.59. The van der Waals surface area contributed by atoms with Crippen molar-refractivity contribution >= 4 is 54.7 Å². The average Bonchev–Trinajstić information content (AvgIpc) is 3.37. The van der Waals surface area contributed by atoms with Crippen LogP contribution in [-0.2, 0) is 10.0 Å². The lowest BCUT2D eigenvalue weighted by atomic mass is 10.2. The zero-order valence-corrected chi connectivity index (χ0v) is 19.3. The zero-order valence-electron chi connectivity index (χ0n) is 16.1. The summed E-state index contributed by atoms with van der Waals surface area (Å²) in [4.78, 5) is 20.1. The van der Waals surface area contributed by atoms with Crippen LogP contribution in [0.2, 0.25) is 0 Å². The molecule has 0 unspecified atom stereocenters. The molecule has 0 aliphatic rings. The van der Waals surface area contributed by atoms with E-state index in [0.29, 0.717) is 34.1 Å². The normalized spacial score (nSPS) is 11.9. The first-order valence-corrected chi connectivity index (χ1v) is 13.8. The van der Waals surface area contributed by atoms with Gasteiger partial charge in [0, 0.05) is 28.1 Å². The Morgan fingerprint density at radius 2 is 1.93 bits per heavy atom. The molecule has 6 nitrogen and oxygen atoms in total. The van der Waals surface area contributed by atoms with Gasteiger partial charge in [-0.25, -0.2) is 18.1 Å². The van der Waals surface area contributed by atoms with Gasteiger partial charge in [0.15, 0.2) is 5.16 Å². The third-order valence-corrected chi connectivity index (χ3v) is 7.82. The molecule has 1 N–H and O–H groups in total. The van der Waals surface area contributed by atoms with E-state index < -0.39 is 10.0 Å². The Morgan fingerprint density at radius 1 is 1.13 bits per heavy atom. The fourth-order valence-electron chi connectivity index (χ4n) is 2.98. The number of hydrogen-bond donors (Lipinski definition) is 1. The highest BCUT2D eigenvalue weighted by atomic mass is 32.2. The second-order valence-electron chi connectivity index (χ2n) is 6.55. The second-order valence-corrected chi connectivity index (χ2v) is 11.2. The van der Waals surface area contributed by atoms with Gasteiger partial charge in [0.1, 0.15) is 4.83 Å². The number of rotatable bonds is 8. The standard InChI is InChI=1S/C20H19N3O3S4/c1-30(25,26)21-10-6-12-28-20-22-18-17(15(13-29-18)16-9-5-11-27-16)19(24)23(20)14-7-3-2-4-8-14/h2-5,7-9,11,13,21H,6,10,12H2,1H3. The molecule has 0 aliphatic heterocycles. The summed E-state index contributed by atoms with van der Waals surface area (Å²) in [5.74, 6) is 0.635. The van der Waals surface area contributed by atoms with E-state index in [1.54, 1.807) is 15.9 Å². The fraction of sp³-hybridized carbons (Fsp3) is 0.200. The Hall–Kier alpha value is -1.98. The lowest BCUT2D eigenvalue weighted by Gasteiger charge is -2.12. The lowest BCUT2D eigenvalue weighted by Crippen LogP contribution is -2.24. The fourth-order valence-corrected chi connectivity index (χ4v) is 6.25. The summed E-state index contributed by atoms with van der Waals surface area (Å²) in [6, 6.07) is 13.5. The van der Waals surface area contributed by atoms with Gasteiger partial charge in [-0.1, -0.05) is 36.0 Å². The van der Waals surface area contributed by atoms with E-state index in [1.165, 1.54) is 23.1 Å². The van der Waals surface area contributed by atoms with Crippen molar-refractivity contribution in [2.24, 2.45) is 0 Å². The Morgan fingerprint density at radius 3 is 2.63 bits per heavy atom. The van der Waals surface area contributed by atoms with Crippen molar-refractivity contribution < 1.29 is 8.42 Å². The molecule has 0 saturated heterocycles. The highest BCUT2D eigenvalue weighted by molar-refractivity contribution is 7.99. The van der Waals surface area contributed by atoms with Crippen LogP contribution < -0.4 is 10.3 Å². The van der Waals surface area contributed by atoms with Crippen molar-refractivity contribution in [3.05, 3.63) is 63.6 Å². The molecule has 1 aromatic carbocycles. The van der Waals surface area contributed by atoms with Gasteiger partial charge in [-0.15, -0.1) is 22.7 Å². The van der Waals surface area contributed by atoms with E-state index in [-0.39, 0.29) is 5.56 Å². The van der Waals surface area contributed by atoms with Crippen LogP contribution in [0.1, 0.15) is 6.42 Å². The van der Waals surface area contributed by atoms with Crippen LogP contribution in [0.4, 0.5) is 0 Å². The first kappa shape index (κ1) is 21.3. The molecule has 10 heteroatoms. The molecule has 0 spiro atoms. The maximum atomic E-state index is 13.6. The third-order valence-electron chi connectivity index (χ3n) is 4.29. The van der Waals surface area contributed by atoms with Crippen LogP contribution in [0.3, 0.4) is 0 Å². The summed E-state index contributed by atoms with van der Waals surface area (Å²) in [7, 11) is -3.20. The van der Waals surface area contributed by atoms with E-state index >= 15 is 0 Å². The van der Waals surface area contributed by atoms with Gasteiger partial charge in [0.2, 0.25) is 10.0 Å². The summed E-state index contributed by atoms with van der Waals surface area (Å²) in [6.07, 6.45) is 1.77. The Balaban J connectivity index is 1.73. The summed E-state index contributed by atoms with van der Waals surface area (Å²) in [6.45, 7) is 0.352. The largest absolute Gasteiger partial charge is 0.268 e. The predicted molar refractivity (Wildman–Crippen MR) is 127 cm³/mol. The van der Waals surface area contributed by atoms with Crippen LogP contribution in [0.5, 0.6) is 0 Å². The molecule has 0 atom stereocenters. The van der Waals surface area contributed by atoms with Crippen LogP contribution in [0.25, 0.3) is 26.3 Å². The topological polar surface area (TPSA) is 81.1 Å². The van der Waals surface area contributed by atoms with Crippen molar-refractivity contribution in [3.8, 4) is 16.1 Å². The minimum Gasteiger partial charge on any atom is -0.268 e. The van der Waals surface area contributed by atoms with Gasteiger partial charge in [-0.05, 0) is 30.0 Å². The zero-order chi connectivity index (χ0) is 21.1. The quantitative estimate of drug-likeness (QED) is 0.234. The maximum Gasteiger partial charge on any atom is 0.268 e. The Bertz CT molecular complexity index is 1310. The monoisotopic (exact) mass is 477 g/mol. The number of fused-ring (bicyclic) bond motifs is 1. The van der Waals surface area contributed by atoms with E-state index in [1.807, 2.05) is 53.2 Å². The summed E-state index contributed by atoms with van der Waals surface area (Å²) >= 11 is 4.52. The van der Waals surface area contributed by atoms with E-state index in [0.717, 1.165) is 22.4 Å². The van der Waals surface area contributed by atoms with E-state index in [4.69, 9.17) is 4.98 Å². The lowest BCUT2D eigenvalue weighted by molar-refractivity contribution is 0.587. The molecule has 0 aliphatic carbocycles. The first-order chi connectivity index (χ1) is 14.4.